The van der Waals surface area contributed by atoms with Gasteiger partial charge in [0.2, 0.25) is 0 Å². The predicted octanol–water partition coefficient (Wildman–Crippen LogP) is 4.99. The van der Waals surface area contributed by atoms with E-state index in [0.717, 1.165) is 54.9 Å². The topological polar surface area (TPSA) is 59.0 Å². The summed E-state index contributed by atoms with van der Waals surface area (Å²) in [7, 11) is 0. The Morgan fingerprint density at radius 1 is 1.41 bits per heavy atom. The standard InChI is InChI=1S/C23H31FN4O/c1-4-5-15(3)26-22-19-12-14(2)6-8-21(19)27-28(22)23(29)17-10-11-25-20-9-7-16(24)13-18(17)20/h7,9,13-15,17,25-26H,4-6,8,10-12H2,1-3H3. The Hall–Kier alpha value is -2.37. The van der Waals surface area contributed by atoms with Crippen molar-refractivity contribution in [1.82, 2.24) is 9.78 Å². The van der Waals surface area contributed by atoms with Gasteiger partial charge in [-0.1, -0.05) is 20.3 Å². The van der Waals surface area contributed by atoms with Gasteiger partial charge in [0.05, 0.1) is 11.6 Å². The number of rotatable bonds is 5. The summed E-state index contributed by atoms with van der Waals surface area (Å²) < 4.78 is 15.5. The third kappa shape index (κ3) is 3.89. The maximum atomic E-state index is 13.9. The van der Waals surface area contributed by atoms with Crippen LogP contribution in [0.2, 0.25) is 0 Å². The molecule has 2 heterocycles. The van der Waals surface area contributed by atoms with Crippen LogP contribution in [0, 0.1) is 11.7 Å². The van der Waals surface area contributed by atoms with Gasteiger partial charge in [0.1, 0.15) is 11.6 Å². The fourth-order valence-electron chi connectivity index (χ4n) is 4.68. The maximum Gasteiger partial charge on any atom is 0.256 e. The van der Waals surface area contributed by atoms with Crippen LogP contribution >= 0.6 is 0 Å². The quantitative estimate of drug-likeness (QED) is 0.745. The molecule has 1 aromatic heterocycles. The number of hydrogen-bond acceptors (Lipinski definition) is 4. The lowest BCUT2D eigenvalue weighted by Crippen LogP contribution is -2.30. The molecule has 0 radical (unpaired) electrons. The molecule has 5 nitrogen and oxygen atoms in total. The zero-order chi connectivity index (χ0) is 20.5. The third-order valence-electron chi connectivity index (χ3n) is 6.24. The Bertz CT molecular complexity index is 907. The van der Waals surface area contributed by atoms with E-state index in [1.54, 1.807) is 10.7 Å². The van der Waals surface area contributed by atoms with E-state index in [0.29, 0.717) is 18.9 Å². The molecule has 2 aromatic rings. The number of hydrogen-bond donors (Lipinski definition) is 2. The molecule has 1 aromatic carbocycles. The Balaban J connectivity index is 1.73. The fraction of sp³-hybridized carbons (Fsp3) is 0.565. The molecular formula is C23H31FN4O. The number of benzene rings is 1. The van der Waals surface area contributed by atoms with Gasteiger partial charge in [-0.05, 0) is 68.7 Å². The monoisotopic (exact) mass is 398 g/mol. The molecular weight excluding hydrogens is 367 g/mol. The molecule has 0 spiro atoms. The average molecular weight is 399 g/mol. The summed E-state index contributed by atoms with van der Waals surface area (Å²) in [6.45, 7) is 7.27. The molecule has 0 saturated heterocycles. The molecule has 3 unspecified atom stereocenters. The van der Waals surface area contributed by atoms with Gasteiger partial charge in [-0.3, -0.25) is 4.79 Å². The van der Waals surface area contributed by atoms with Crippen molar-refractivity contribution in [3.05, 3.63) is 40.8 Å². The van der Waals surface area contributed by atoms with Gasteiger partial charge in [-0.25, -0.2) is 4.39 Å². The molecule has 0 saturated carbocycles. The number of carbonyl (C=O) groups excluding carboxylic acids is 1. The Kier molecular flexibility index (Phi) is 5.61. The van der Waals surface area contributed by atoms with E-state index in [2.05, 4.69) is 31.4 Å². The number of fused-ring (bicyclic) bond motifs is 2. The molecule has 2 N–H and O–H groups in total. The normalized spacial score (nSPS) is 21.7. The fourth-order valence-corrected chi connectivity index (χ4v) is 4.68. The van der Waals surface area contributed by atoms with E-state index in [4.69, 9.17) is 5.10 Å². The summed E-state index contributed by atoms with van der Waals surface area (Å²) in [5, 5.41) is 11.6. The van der Waals surface area contributed by atoms with Crippen molar-refractivity contribution in [1.29, 1.82) is 0 Å². The van der Waals surface area contributed by atoms with Crippen LogP contribution in [-0.4, -0.2) is 28.3 Å². The average Bonchev–Trinajstić information content (AvgIpc) is 3.04. The molecule has 29 heavy (non-hydrogen) atoms. The number of anilines is 2. The third-order valence-corrected chi connectivity index (χ3v) is 6.24. The SMILES string of the molecule is CCCC(C)Nc1c2c(nn1C(=O)C1CCNc3ccc(F)cc31)CCC(C)C2. The second-order valence-corrected chi connectivity index (χ2v) is 8.71. The molecule has 1 aliphatic heterocycles. The molecule has 4 rings (SSSR count). The molecule has 3 atom stereocenters. The van der Waals surface area contributed by atoms with E-state index < -0.39 is 0 Å². The zero-order valence-electron chi connectivity index (χ0n) is 17.6. The van der Waals surface area contributed by atoms with Crippen molar-refractivity contribution < 1.29 is 9.18 Å². The van der Waals surface area contributed by atoms with Gasteiger partial charge < -0.3 is 10.6 Å². The summed E-state index contributed by atoms with van der Waals surface area (Å²) in [6, 6.07) is 4.92. The maximum absolute atomic E-state index is 13.9. The summed E-state index contributed by atoms with van der Waals surface area (Å²) in [4.78, 5) is 13.6. The van der Waals surface area contributed by atoms with Crippen LogP contribution in [0.15, 0.2) is 18.2 Å². The molecule has 156 valence electrons. The number of aromatic nitrogens is 2. The van der Waals surface area contributed by atoms with Crippen molar-refractivity contribution in [2.24, 2.45) is 5.92 Å². The van der Waals surface area contributed by atoms with E-state index in [1.165, 1.54) is 17.7 Å². The second kappa shape index (κ2) is 8.17. The summed E-state index contributed by atoms with van der Waals surface area (Å²) in [5.41, 5.74) is 3.80. The summed E-state index contributed by atoms with van der Waals surface area (Å²) in [6.07, 6.45) is 5.71. The lowest BCUT2D eigenvalue weighted by molar-refractivity contribution is 0.0858. The smallest absolute Gasteiger partial charge is 0.256 e. The lowest BCUT2D eigenvalue weighted by Gasteiger charge is -2.26. The number of halogens is 1. The minimum absolute atomic E-state index is 0.0633. The van der Waals surface area contributed by atoms with Crippen LogP contribution in [0.3, 0.4) is 0 Å². The summed E-state index contributed by atoms with van der Waals surface area (Å²) in [5.74, 6) is 0.683. The van der Waals surface area contributed by atoms with Gasteiger partial charge in [0, 0.05) is 23.8 Å². The Morgan fingerprint density at radius 3 is 3.03 bits per heavy atom. The predicted molar refractivity (Wildman–Crippen MR) is 114 cm³/mol. The van der Waals surface area contributed by atoms with Crippen LogP contribution in [0.5, 0.6) is 0 Å². The highest BCUT2D eigenvalue weighted by Gasteiger charge is 2.33. The highest BCUT2D eigenvalue weighted by Crippen LogP contribution is 2.36. The number of nitrogens with one attached hydrogen (secondary N) is 2. The first-order valence-electron chi connectivity index (χ1n) is 10.9. The summed E-state index contributed by atoms with van der Waals surface area (Å²) >= 11 is 0. The second-order valence-electron chi connectivity index (χ2n) is 8.71. The molecule has 6 heteroatoms. The van der Waals surface area contributed by atoms with Crippen molar-refractivity contribution >= 4 is 17.4 Å². The van der Waals surface area contributed by atoms with Crippen LogP contribution in [0.1, 0.15) is 74.0 Å². The van der Waals surface area contributed by atoms with Crippen molar-refractivity contribution in [3.8, 4) is 0 Å². The van der Waals surface area contributed by atoms with E-state index in [-0.39, 0.29) is 23.7 Å². The molecule has 1 aliphatic carbocycles. The Labute approximate surface area is 172 Å². The minimum atomic E-state index is -0.386. The van der Waals surface area contributed by atoms with Gasteiger partial charge in [0.25, 0.3) is 5.91 Å². The van der Waals surface area contributed by atoms with Crippen LogP contribution < -0.4 is 10.6 Å². The highest BCUT2D eigenvalue weighted by atomic mass is 19.1. The van der Waals surface area contributed by atoms with E-state index in [1.807, 2.05) is 0 Å². The van der Waals surface area contributed by atoms with Crippen molar-refractivity contribution in [2.45, 2.75) is 71.3 Å². The van der Waals surface area contributed by atoms with Gasteiger partial charge in [-0.15, -0.1) is 0 Å². The largest absolute Gasteiger partial charge is 0.385 e. The van der Waals surface area contributed by atoms with Gasteiger partial charge in [0.15, 0.2) is 0 Å². The first-order valence-corrected chi connectivity index (χ1v) is 10.9. The molecule has 0 amide bonds. The molecule has 0 bridgehead atoms. The van der Waals surface area contributed by atoms with E-state index >= 15 is 0 Å². The van der Waals surface area contributed by atoms with Crippen LogP contribution in [0.4, 0.5) is 15.9 Å². The van der Waals surface area contributed by atoms with Crippen LogP contribution in [-0.2, 0) is 12.8 Å². The number of nitrogens with zero attached hydrogens (tertiary/aromatic N) is 2. The number of aryl methyl sites for hydroxylation is 1. The molecule has 0 fully saturated rings. The lowest BCUT2D eigenvalue weighted by atomic mass is 9.88. The van der Waals surface area contributed by atoms with Gasteiger partial charge >= 0.3 is 0 Å². The van der Waals surface area contributed by atoms with Crippen molar-refractivity contribution in [3.63, 3.8) is 0 Å². The first-order chi connectivity index (χ1) is 14.0. The number of carbonyl (C=O) groups is 1. The zero-order valence-corrected chi connectivity index (χ0v) is 17.6. The first kappa shape index (κ1) is 19.9. The Morgan fingerprint density at radius 2 is 2.24 bits per heavy atom. The van der Waals surface area contributed by atoms with Gasteiger partial charge in [-0.2, -0.15) is 9.78 Å². The van der Waals surface area contributed by atoms with Crippen molar-refractivity contribution in [2.75, 3.05) is 17.2 Å². The minimum Gasteiger partial charge on any atom is -0.385 e. The highest BCUT2D eigenvalue weighted by molar-refractivity contribution is 5.90. The van der Waals surface area contributed by atoms with Crippen LogP contribution in [0.25, 0.3) is 0 Å². The van der Waals surface area contributed by atoms with E-state index in [9.17, 15) is 9.18 Å². The molecule has 2 aliphatic rings.